The zero-order valence-electron chi connectivity index (χ0n) is 17.8. The number of nitrogens with zero attached hydrogens (tertiary/aromatic N) is 2. The van der Waals surface area contributed by atoms with Gasteiger partial charge in [-0.2, -0.15) is 0 Å². The van der Waals surface area contributed by atoms with Crippen LogP contribution < -0.4 is 20.1 Å². The summed E-state index contributed by atoms with van der Waals surface area (Å²) < 4.78 is 10.9. The minimum absolute atomic E-state index is 0.161. The number of rotatable bonds is 9. The van der Waals surface area contributed by atoms with Crippen molar-refractivity contribution >= 4 is 11.9 Å². The smallest absolute Gasteiger partial charge is 0.231 e. The number of amides is 1. The van der Waals surface area contributed by atoms with Crippen molar-refractivity contribution < 1.29 is 14.3 Å². The fraction of sp³-hybridized carbons (Fsp3) is 0.619. The maximum Gasteiger partial charge on any atom is 0.231 e. The molecule has 0 atom stereocenters. The van der Waals surface area contributed by atoms with E-state index in [4.69, 9.17) is 14.5 Å². The van der Waals surface area contributed by atoms with Crippen LogP contribution in [0.3, 0.4) is 0 Å². The first-order chi connectivity index (χ1) is 13.4. The zero-order valence-corrected chi connectivity index (χ0v) is 17.8. The summed E-state index contributed by atoms with van der Waals surface area (Å²) >= 11 is 0. The minimum atomic E-state index is -0.166. The summed E-state index contributed by atoms with van der Waals surface area (Å²) in [7, 11) is 0. The number of benzene rings is 1. The third-order valence-corrected chi connectivity index (χ3v) is 4.88. The molecule has 0 saturated carbocycles. The molecule has 0 bridgehead atoms. The molecule has 2 N–H and O–H groups in total. The lowest BCUT2D eigenvalue weighted by Gasteiger charge is -2.24. The van der Waals surface area contributed by atoms with E-state index < -0.39 is 0 Å². The third kappa shape index (κ3) is 5.78. The highest BCUT2D eigenvalue weighted by Crippen LogP contribution is 2.36. The van der Waals surface area contributed by atoms with Crippen LogP contribution in [0.1, 0.15) is 46.6 Å². The van der Waals surface area contributed by atoms with Gasteiger partial charge in [0.15, 0.2) is 17.5 Å². The van der Waals surface area contributed by atoms with Crippen molar-refractivity contribution in [1.29, 1.82) is 0 Å². The maximum absolute atomic E-state index is 12.1. The zero-order chi connectivity index (χ0) is 20.6. The molecular formula is C21H34N4O3. The van der Waals surface area contributed by atoms with Crippen LogP contribution in [-0.2, 0) is 10.2 Å². The van der Waals surface area contributed by atoms with E-state index in [2.05, 4.69) is 30.5 Å². The van der Waals surface area contributed by atoms with Crippen molar-refractivity contribution in [2.75, 3.05) is 39.5 Å². The summed E-state index contributed by atoms with van der Waals surface area (Å²) in [5.74, 6) is 2.46. The van der Waals surface area contributed by atoms with Crippen molar-refractivity contribution in [3.63, 3.8) is 0 Å². The van der Waals surface area contributed by atoms with Gasteiger partial charge in [-0.15, -0.1) is 0 Å². The number of fused-ring (bicyclic) bond motifs is 1. The number of hydrogen-bond donors (Lipinski definition) is 2. The van der Waals surface area contributed by atoms with E-state index in [-0.39, 0.29) is 18.1 Å². The lowest BCUT2D eigenvalue weighted by Crippen LogP contribution is -2.41. The van der Waals surface area contributed by atoms with Gasteiger partial charge in [0.1, 0.15) is 0 Å². The molecule has 1 amide bonds. The van der Waals surface area contributed by atoms with Crippen molar-refractivity contribution in [2.45, 2.75) is 46.5 Å². The van der Waals surface area contributed by atoms with E-state index in [0.29, 0.717) is 19.5 Å². The van der Waals surface area contributed by atoms with Gasteiger partial charge in [-0.1, -0.05) is 19.9 Å². The third-order valence-electron chi connectivity index (χ3n) is 4.88. The fourth-order valence-electron chi connectivity index (χ4n) is 3.05. The second-order valence-electron chi connectivity index (χ2n) is 7.39. The summed E-state index contributed by atoms with van der Waals surface area (Å²) in [5.41, 5.74) is 0.980. The van der Waals surface area contributed by atoms with E-state index in [1.54, 1.807) is 0 Å². The van der Waals surface area contributed by atoms with Crippen LogP contribution in [0, 0.1) is 0 Å². The number of nitrogens with one attached hydrogen (secondary N) is 2. The quantitative estimate of drug-likeness (QED) is 0.501. The molecule has 0 spiro atoms. The summed E-state index contributed by atoms with van der Waals surface area (Å²) in [6, 6.07) is 6.04. The normalized spacial score (nSPS) is 13.4. The first kappa shape index (κ1) is 21.9. The highest BCUT2D eigenvalue weighted by Gasteiger charge is 2.24. The molecule has 0 aromatic heterocycles. The Bertz CT molecular complexity index is 684. The van der Waals surface area contributed by atoms with Gasteiger partial charge in [-0.3, -0.25) is 9.79 Å². The Morgan fingerprint density at radius 1 is 1.14 bits per heavy atom. The van der Waals surface area contributed by atoms with Crippen LogP contribution >= 0.6 is 0 Å². The number of carbonyl (C=O) groups is 1. The fourth-order valence-corrected chi connectivity index (χ4v) is 3.05. The molecule has 1 aliphatic rings. The first-order valence-electron chi connectivity index (χ1n) is 10.1. The van der Waals surface area contributed by atoms with E-state index in [1.165, 1.54) is 0 Å². The minimum Gasteiger partial charge on any atom is -0.454 e. The molecule has 2 rings (SSSR count). The van der Waals surface area contributed by atoms with Crippen LogP contribution in [0.4, 0.5) is 0 Å². The van der Waals surface area contributed by atoms with E-state index in [0.717, 1.165) is 42.7 Å². The van der Waals surface area contributed by atoms with E-state index in [9.17, 15) is 4.79 Å². The SMILES string of the molecule is CCNC(=NCC(C)(C)c1ccc2c(c1)OCO2)NCCC(=O)N(CC)CC. The average Bonchev–Trinajstić information content (AvgIpc) is 3.15. The molecule has 0 saturated heterocycles. The standard InChI is InChI=1S/C21H34N4O3/c1-6-22-20(23-12-11-19(26)25(7-2)8-3)24-14-21(4,5)16-9-10-17-18(13-16)28-15-27-17/h9-10,13H,6-8,11-12,14-15H2,1-5H3,(H2,22,23,24). The monoisotopic (exact) mass is 390 g/mol. The highest BCUT2D eigenvalue weighted by atomic mass is 16.7. The Kier molecular flexibility index (Phi) is 7.96. The maximum atomic E-state index is 12.1. The highest BCUT2D eigenvalue weighted by molar-refractivity contribution is 5.81. The average molecular weight is 391 g/mol. The summed E-state index contributed by atoms with van der Waals surface area (Å²) in [6.07, 6.45) is 0.456. The first-order valence-corrected chi connectivity index (χ1v) is 10.1. The summed E-state index contributed by atoms with van der Waals surface area (Å²) in [4.78, 5) is 18.7. The number of aliphatic imine (C=N–C) groups is 1. The molecule has 1 aromatic carbocycles. The molecule has 28 heavy (non-hydrogen) atoms. The van der Waals surface area contributed by atoms with Gasteiger partial charge in [-0.25, -0.2) is 0 Å². The van der Waals surface area contributed by atoms with Gasteiger partial charge in [0, 0.05) is 38.0 Å². The van der Waals surface area contributed by atoms with Crippen LogP contribution in [0.15, 0.2) is 23.2 Å². The molecule has 0 unspecified atom stereocenters. The topological polar surface area (TPSA) is 75.2 Å². The van der Waals surface area contributed by atoms with Crippen LogP contribution in [0.2, 0.25) is 0 Å². The molecule has 7 heteroatoms. The molecule has 0 aliphatic carbocycles. The number of hydrogen-bond acceptors (Lipinski definition) is 4. The van der Waals surface area contributed by atoms with Gasteiger partial charge in [0.05, 0.1) is 6.54 Å². The molecule has 156 valence electrons. The Labute approximate surface area is 168 Å². The van der Waals surface area contributed by atoms with Gasteiger partial charge >= 0.3 is 0 Å². The van der Waals surface area contributed by atoms with Crippen molar-refractivity contribution in [2.24, 2.45) is 4.99 Å². The molecule has 0 fully saturated rings. The van der Waals surface area contributed by atoms with Crippen LogP contribution in [0.5, 0.6) is 11.5 Å². The van der Waals surface area contributed by atoms with Crippen molar-refractivity contribution in [3.8, 4) is 11.5 Å². The second kappa shape index (κ2) is 10.2. The Morgan fingerprint density at radius 2 is 1.86 bits per heavy atom. The largest absolute Gasteiger partial charge is 0.454 e. The van der Waals surface area contributed by atoms with Crippen molar-refractivity contribution in [3.05, 3.63) is 23.8 Å². The van der Waals surface area contributed by atoms with E-state index >= 15 is 0 Å². The molecule has 0 radical (unpaired) electrons. The predicted octanol–water partition coefficient (Wildman–Crippen LogP) is 2.51. The lowest BCUT2D eigenvalue weighted by molar-refractivity contribution is -0.130. The summed E-state index contributed by atoms with van der Waals surface area (Å²) in [6.45, 7) is 14.0. The van der Waals surface area contributed by atoms with Gasteiger partial charge in [0.2, 0.25) is 12.7 Å². The van der Waals surface area contributed by atoms with Gasteiger partial charge in [-0.05, 0) is 38.5 Å². The van der Waals surface area contributed by atoms with E-state index in [1.807, 2.05) is 37.8 Å². The van der Waals surface area contributed by atoms with Gasteiger partial charge in [0.25, 0.3) is 0 Å². The van der Waals surface area contributed by atoms with Crippen LogP contribution in [0.25, 0.3) is 0 Å². The summed E-state index contributed by atoms with van der Waals surface area (Å²) in [5, 5.41) is 6.52. The number of carbonyl (C=O) groups excluding carboxylic acids is 1. The molecular weight excluding hydrogens is 356 g/mol. The van der Waals surface area contributed by atoms with Crippen molar-refractivity contribution in [1.82, 2.24) is 15.5 Å². The molecule has 1 aromatic rings. The predicted molar refractivity (Wildman–Crippen MR) is 112 cm³/mol. The number of guanidine groups is 1. The number of ether oxygens (including phenoxy) is 2. The Balaban J connectivity index is 1.96. The lowest BCUT2D eigenvalue weighted by atomic mass is 9.84. The Morgan fingerprint density at radius 3 is 2.54 bits per heavy atom. The molecule has 1 heterocycles. The van der Waals surface area contributed by atoms with Crippen LogP contribution in [-0.4, -0.2) is 56.3 Å². The Hall–Kier alpha value is -2.44. The molecule has 1 aliphatic heterocycles. The second-order valence-corrected chi connectivity index (χ2v) is 7.39. The van der Waals surface area contributed by atoms with Gasteiger partial charge < -0.3 is 25.0 Å². The molecule has 7 nitrogen and oxygen atoms in total.